The lowest BCUT2D eigenvalue weighted by Gasteiger charge is -2.32. The van der Waals surface area contributed by atoms with Crippen LogP contribution in [0.25, 0.3) is 0 Å². The molecule has 2 aliphatic rings. The number of ether oxygens (including phenoxy) is 1. The Labute approximate surface area is 132 Å². The van der Waals surface area contributed by atoms with Gasteiger partial charge in [0.15, 0.2) is 0 Å². The van der Waals surface area contributed by atoms with Crippen LogP contribution in [-0.2, 0) is 11.3 Å². The van der Waals surface area contributed by atoms with Gasteiger partial charge in [-0.1, -0.05) is 12.1 Å². The predicted octanol–water partition coefficient (Wildman–Crippen LogP) is 0.953. The van der Waals surface area contributed by atoms with Crippen molar-refractivity contribution in [3.05, 3.63) is 35.4 Å². The number of carbonyl (C=O) groups is 1. The van der Waals surface area contributed by atoms with E-state index in [2.05, 4.69) is 23.2 Å². The Balaban J connectivity index is 1.66. The van der Waals surface area contributed by atoms with E-state index in [1.807, 2.05) is 23.1 Å². The average Bonchev–Trinajstić information content (AvgIpc) is 2.55. The summed E-state index contributed by atoms with van der Waals surface area (Å²) in [6.45, 7) is 9.00. The van der Waals surface area contributed by atoms with Gasteiger partial charge in [0.2, 0.25) is 0 Å². The summed E-state index contributed by atoms with van der Waals surface area (Å²) in [7, 11) is 0. The van der Waals surface area contributed by atoms with Crippen molar-refractivity contribution in [2.45, 2.75) is 19.5 Å². The fraction of sp³-hybridized carbons (Fsp3) is 0.588. The lowest BCUT2D eigenvalue weighted by atomic mass is 10.1. The van der Waals surface area contributed by atoms with Gasteiger partial charge in [-0.15, -0.1) is 0 Å². The highest BCUT2D eigenvalue weighted by Crippen LogP contribution is 2.13. The molecule has 22 heavy (non-hydrogen) atoms. The van der Waals surface area contributed by atoms with Crippen molar-refractivity contribution in [1.82, 2.24) is 15.1 Å². The first-order valence-corrected chi connectivity index (χ1v) is 8.14. The van der Waals surface area contributed by atoms with E-state index < -0.39 is 0 Å². The predicted molar refractivity (Wildman–Crippen MR) is 85.9 cm³/mol. The zero-order chi connectivity index (χ0) is 15.4. The molecule has 0 bridgehead atoms. The van der Waals surface area contributed by atoms with Gasteiger partial charge in [0, 0.05) is 50.9 Å². The minimum atomic E-state index is 0.150. The molecule has 5 nitrogen and oxygen atoms in total. The number of rotatable bonds is 3. The Morgan fingerprint density at radius 2 is 2.14 bits per heavy atom. The zero-order valence-electron chi connectivity index (χ0n) is 13.3. The van der Waals surface area contributed by atoms with E-state index in [0.29, 0.717) is 6.04 Å². The molecule has 1 atom stereocenters. The van der Waals surface area contributed by atoms with Gasteiger partial charge in [0.05, 0.1) is 13.2 Å². The maximum absolute atomic E-state index is 12.7. The van der Waals surface area contributed by atoms with Crippen LogP contribution < -0.4 is 5.32 Å². The maximum atomic E-state index is 12.7. The molecule has 120 valence electrons. The molecule has 2 heterocycles. The van der Waals surface area contributed by atoms with Gasteiger partial charge in [0.25, 0.3) is 5.91 Å². The average molecular weight is 303 g/mol. The van der Waals surface area contributed by atoms with E-state index in [1.165, 1.54) is 5.56 Å². The first-order chi connectivity index (χ1) is 10.7. The third-order valence-corrected chi connectivity index (χ3v) is 4.34. The standard InChI is InChI=1S/C17H25N3O2/c1-14-12-20(6-5-18-14)17(21)16-4-2-3-15(11-16)13-19-7-9-22-10-8-19/h2-4,11,14,18H,5-10,12-13H2,1H3/t14-/m0/s1. The maximum Gasteiger partial charge on any atom is 0.253 e. The molecule has 0 spiro atoms. The minimum Gasteiger partial charge on any atom is -0.379 e. The molecule has 0 radical (unpaired) electrons. The van der Waals surface area contributed by atoms with Gasteiger partial charge in [-0.25, -0.2) is 0 Å². The summed E-state index contributed by atoms with van der Waals surface area (Å²) >= 11 is 0. The van der Waals surface area contributed by atoms with E-state index >= 15 is 0 Å². The molecule has 0 saturated carbocycles. The normalized spacial score (nSPS) is 23.5. The third-order valence-electron chi connectivity index (χ3n) is 4.34. The van der Waals surface area contributed by atoms with Crippen LogP contribution in [0.5, 0.6) is 0 Å². The minimum absolute atomic E-state index is 0.150. The van der Waals surface area contributed by atoms with E-state index in [-0.39, 0.29) is 5.91 Å². The monoisotopic (exact) mass is 303 g/mol. The van der Waals surface area contributed by atoms with Crippen molar-refractivity contribution < 1.29 is 9.53 Å². The molecule has 1 amide bonds. The summed E-state index contributed by atoms with van der Waals surface area (Å²) in [5.41, 5.74) is 2.01. The molecule has 2 aliphatic heterocycles. The number of nitrogens with zero attached hydrogens (tertiary/aromatic N) is 2. The van der Waals surface area contributed by atoms with E-state index in [9.17, 15) is 4.79 Å². The van der Waals surface area contributed by atoms with Crippen LogP contribution >= 0.6 is 0 Å². The fourth-order valence-corrected chi connectivity index (χ4v) is 3.12. The van der Waals surface area contributed by atoms with Crippen LogP contribution in [0.15, 0.2) is 24.3 Å². The largest absolute Gasteiger partial charge is 0.379 e. The Morgan fingerprint density at radius 1 is 1.32 bits per heavy atom. The van der Waals surface area contributed by atoms with Crippen molar-refractivity contribution in [2.24, 2.45) is 0 Å². The number of hydrogen-bond acceptors (Lipinski definition) is 4. The van der Waals surface area contributed by atoms with Crippen molar-refractivity contribution >= 4 is 5.91 Å². The SMILES string of the molecule is C[C@H]1CN(C(=O)c2cccc(CN3CCOCC3)c2)CCN1. The molecule has 1 aromatic rings. The van der Waals surface area contributed by atoms with Crippen molar-refractivity contribution in [3.8, 4) is 0 Å². The van der Waals surface area contributed by atoms with Crippen LogP contribution in [0.3, 0.4) is 0 Å². The van der Waals surface area contributed by atoms with E-state index in [1.54, 1.807) is 0 Å². The first-order valence-electron chi connectivity index (χ1n) is 8.14. The van der Waals surface area contributed by atoms with Gasteiger partial charge in [-0.2, -0.15) is 0 Å². The molecule has 0 aromatic heterocycles. The van der Waals surface area contributed by atoms with Crippen LogP contribution in [0.1, 0.15) is 22.8 Å². The van der Waals surface area contributed by atoms with Gasteiger partial charge >= 0.3 is 0 Å². The summed E-state index contributed by atoms with van der Waals surface area (Å²) in [6.07, 6.45) is 0. The molecule has 1 aromatic carbocycles. The third kappa shape index (κ3) is 3.85. The Hall–Kier alpha value is -1.43. The van der Waals surface area contributed by atoms with Crippen LogP contribution in [0.4, 0.5) is 0 Å². The second kappa shape index (κ2) is 7.22. The second-order valence-corrected chi connectivity index (χ2v) is 6.20. The number of hydrogen-bond donors (Lipinski definition) is 1. The number of amides is 1. The molecule has 5 heteroatoms. The molecular formula is C17H25N3O2. The van der Waals surface area contributed by atoms with Crippen LogP contribution in [0.2, 0.25) is 0 Å². The van der Waals surface area contributed by atoms with Crippen LogP contribution in [-0.4, -0.2) is 67.7 Å². The number of morpholine rings is 1. The molecule has 0 aliphatic carbocycles. The summed E-state index contributed by atoms with van der Waals surface area (Å²) in [4.78, 5) is 17.0. The van der Waals surface area contributed by atoms with E-state index in [4.69, 9.17) is 4.74 Å². The molecule has 2 fully saturated rings. The summed E-state index contributed by atoms with van der Waals surface area (Å²) in [5.74, 6) is 0.150. The number of benzene rings is 1. The Morgan fingerprint density at radius 3 is 2.91 bits per heavy atom. The number of piperazine rings is 1. The quantitative estimate of drug-likeness (QED) is 0.903. The highest BCUT2D eigenvalue weighted by Gasteiger charge is 2.22. The number of carbonyl (C=O) groups excluding carboxylic acids is 1. The highest BCUT2D eigenvalue weighted by atomic mass is 16.5. The molecule has 1 N–H and O–H groups in total. The van der Waals surface area contributed by atoms with Crippen molar-refractivity contribution in [1.29, 1.82) is 0 Å². The van der Waals surface area contributed by atoms with Gasteiger partial charge in [0.1, 0.15) is 0 Å². The van der Waals surface area contributed by atoms with Crippen LogP contribution in [0, 0.1) is 0 Å². The van der Waals surface area contributed by atoms with Gasteiger partial charge < -0.3 is 15.0 Å². The van der Waals surface area contributed by atoms with Crippen molar-refractivity contribution in [2.75, 3.05) is 45.9 Å². The summed E-state index contributed by atoms with van der Waals surface area (Å²) in [6, 6.07) is 8.44. The molecule has 3 rings (SSSR count). The fourth-order valence-electron chi connectivity index (χ4n) is 3.12. The molecule has 2 saturated heterocycles. The number of nitrogens with one attached hydrogen (secondary N) is 1. The smallest absolute Gasteiger partial charge is 0.253 e. The zero-order valence-corrected chi connectivity index (χ0v) is 13.3. The Bertz CT molecular complexity index is 514. The van der Waals surface area contributed by atoms with E-state index in [0.717, 1.165) is 58.0 Å². The first kappa shape index (κ1) is 15.5. The molecule has 0 unspecified atom stereocenters. The lowest BCUT2D eigenvalue weighted by molar-refractivity contribution is 0.0341. The second-order valence-electron chi connectivity index (χ2n) is 6.20. The summed E-state index contributed by atoms with van der Waals surface area (Å²) in [5, 5.41) is 3.37. The lowest BCUT2D eigenvalue weighted by Crippen LogP contribution is -2.51. The Kier molecular flexibility index (Phi) is 5.08. The highest BCUT2D eigenvalue weighted by molar-refractivity contribution is 5.94. The molecular weight excluding hydrogens is 278 g/mol. The topological polar surface area (TPSA) is 44.8 Å². The van der Waals surface area contributed by atoms with Gasteiger partial charge in [-0.05, 0) is 24.6 Å². The van der Waals surface area contributed by atoms with Gasteiger partial charge in [-0.3, -0.25) is 9.69 Å². The summed E-state index contributed by atoms with van der Waals surface area (Å²) < 4.78 is 5.38. The van der Waals surface area contributed by atoms with Crippen molar-refractivity contribution in [3.63, 3.8) is 0 Å².